The molecule has 0 aliphatic carbocycles. The van der Waals surface area contributed by atoms with Crippen LogP contribution in [0.4, 0.5) is 0 Å². The van der Waals surface area contributed by atoms with Crippen LogP contribution in [0.2, 0.25) is 0 Å². The Kier molecular flexibility index (Phi) is 3.91. The van der Waals surface area contributed by atoms with E-state index >= 15 is 0 Å². The SMILES string of the molecule is C/N=C\C(C(=O)On1nnc2ccccc21)=C(/C)Cl. The predicted molar refractivity (Wildman–Crippen MR) is 72.1 cm³/mol. The Morgan fingerprint density at radius 1 is 1.47 bits per heavy atom. The number of allylic oxidation sites excluding steroid dienone is 1. The number of aliphatic imine (C=N–C) groups is 1. The third-order valence-corrected chi connectivity index (χ3v) is 2.54. The van der Waals surface area contributed by atoms with Crippen LogP contribution in [0.15, 0.2) is 39.9 Å². The highest BCUT2D eigenvalue weighted by atomic mass is 35.5. The molecule has 0 fully saturated rings. The molecule has 1 heterocycles. The van der Waals surface area contributed by atoms with Crippen LogP contribution in [0.1, 0.15) is 6.92 Å². The molecule has 2 rings (SSSR count). The second-order valence-electron chi connectivity index (χ2n) is 3.66. The fourth-order valence-corrected chi connectivity index (χ4v) is 1.58. The van der Waals surface area contributed by atoms with Crippen molar-refractivity contribution in [2.24, 2.45) is 4.99 Å². The second-order valence-corrected chi connectivity index (χ2v) is 4.23. The Morgan fingerprint density at radius 3 is 2.89 bits per heavy atom. The highest BCUT2D eigenvalue weighted by Gasteiger charge is 2.15. The first-order valence-corrected chi connectivity index (χ1v) is 5.83. The van der Waals surface area contributed by atoms with Gasteiger partial charge in [0.25, 0.3) is 0 Å². The van der Waals surface area contributed by atoms with Gasteiger partial charge in [0.1, 0.15) is 11.0 Å². The van der Waals surface area contributed by atoms with Gasteiger partial charge in [-0.15, -0.1) is 5.10 Å². The summed E-state index contributed by atoms with van der Waals surface area (Å²) in [4.78, 5) is 21.9. The summed E-state index contributed by atoms with van der Waals surface area (Å²) in [7, 11) is 1.54. The van der Waals surface area contributed by atoms with Crippen LogP contribution in [0.25, 0.3) is 11.0 Å². The van der Waals surface area contributed by atoms with Crippen molar-refractivity contribution in [2.45, 2.75) is 6.92 Å². The number of halogens is 1. The highest BCUT2D eigenvalue weighted by molar-refractivity contribution is 6.34. The van der Waals surface area contributed by atoms with Crippen LogP contribution >= 0.6 is 11.6 Å². The number of hydrogen-bond donors (Lipinski definition) is 0. The minimum atomic E-state index is -0.645. The fourth-order valence-electron chi connectivity index (χ4n) is 1.45. The van der Waals surface area contributed by atoms with E-state index in [1.807, 2.05) is 6.07 Å². The molecule has 19 heavy (non-hydrogen) atoms. The summed E-state index contributed by atoms with van der Waals surface area (Å²) in [5.41, 5.74) is 1.40. The van der Waals surface area contributed by atoms with E-state index in [1.165, 1.54) is 13.3 Å². The Bertz CT molecular complexity index is 671. The molecule has 98 valence electrons. The molecule has 1 aromatic carbocycles. The lowest BCUT2D eigenvalue weighted by atomic mass is 10.3. The van der Waals surface area contributed by atoms with Crippen molar-refractivity contribution in [1.29, 1.82) is 0 Å². The average molecular weight is 279 g/mol. The number of carbonyl (C=O) groups is 1. The van der Waals surface area contributed by atoms with Gasteiger partial charge in [0.15, 0.2) is 0 Å². The van der Waals surface area contributed by atoms with E-state index in [0.29, 0.717) is 16.1 Å². The number of carbonyl (C=O) groups excluding carboxylic acids is 1. The maximum Gasteiger partial charge on any atom is 0.368 e. The number of fused-ring (bicyclic) bond motifs is 1. The molecule has 0 aliphatic heterocycles. The molecule has 6 nitrogen and oxygen atoms in total. The molecule has 1 aromatic heterocycles. The number of para-hydroxylation sites is 1. The summed E-state index contributed by atoms with van der Waals surface area (Å²) in [6.07, 6.45) is 1.34. The fraction of sp³-hybridized carbons (Fsp3) is 0.167. The number of benzene rings is 1. The van der Waals surface area contributed by atoms with Gasteiger partial charge in [0.2, 0.25) is 0 Å². The van der Waals surface area contributed by atoms with Crippen molar-refractivity contribution in [1.82, 2.24) is 15.2 Å². The number of hydrogen-bond acceptors (Lipinski definition) is 5. The van der Waals surface area contributed by atoms with E-state index in [4.69, 9.17) is 16.4 Å². The zero-order chi connectivity index (χ0) is 13.8. The van der Waals surface area contributed by atoms with Gasteiger partial charge in [-0.25, -0.2) is 4.79 Å². The third kappa shape index (κ3) is 2.79. The minimum Gasteiger partial charge on any atom is -0.312 e. The predicted octanol–water partition coefficient (Wildman–Crippen LogP) is 1.60. The normalized spacial score (nSPS) is 12.8. The monoisotopic (exact) mass is 278 g/mol. The summed E-state index contributed by atoms with van der Waals surface area (Å²) in [6.45, 7) is 1.58. The van der Waals surface area contributed by atoms with Crippen molar-refractivity contribution in [3.05, 3.63) is 34.9 Å². The summed E-state index contributed by atoms with van der Waals surface area (Å²) < 4.78 is 0. The maximum absolute atomic E-state index is 11.9. The zero-order valence-corrected chi connectivity index (χ0v) is 11.1. The smallest absolute Gasteiger partial charge is 0.312 e. The molecule has 2 aromatic rings. The van der Waals surface area contributed by atoms with E-state index < -0.39 is 5.97 Å². The van der Waals surface area contributed by atoms with Crippen molar-refractivity contribution in [3.8, 4) is 0 Å². The van der Waals surface area contributed by atoms with E-state index in [1.54, 1.807) is 25.1 Å². The van der Waals surface area contributed by atoms with Crippen LogP contribution in [-0.2, 0) is 4.79 Å². The summed E-state index contributed by atoms with van der Waals surface area (Å²) in [5.74, 6) is -0.645. The Hall–Kier alpha value is -2.21. The summed E-state index contributed by atoms with van der Waals surface area (Å²) in [6, 6.07) is 7.13. The largest absolute Gasteiger partial charge is 0.368 e. The molecule has 0 aliphatic rings. The lowest BCUT2D eigenvalue weighted by molar-refractivity contribution is -0.140. The van der Waals surface area contributed by atoms with Gasteiger partial charge in [-0.05, 0) is 24.3 Å². The standard InChI is InChI=1S/C12H11ClN4O2/c1-8(13)9(7-14-2)12(18)19-17-11-6-4-3-5-10(11)15-16-17/h3-7H,1-2H3/b9-8-,14-7-. The maximum atomic E-state index is 11.9. The molecule has 0 radical (unpaired) electrons. The first-order chi connectivity index (χ1) is 9.13. The number of rotatable bonds is 3. The molecule has 0 unspecified atom stereocenters. The average Bonchev–Trinajstić information content (AvgIpc) is 2.79. The molecule has 0 saturated carbocycles. The van der Waals surface area contributed by atoms with Crippen LogP contribution in [0, 0.1) is 0 Å². The van der Waals surface area contributed by atoms with Crippen molar-refractivity contribution in [2.75, 3.05) is 7.05 Å². The molecule has 7 heteroatoms. The van der Waals surface area contributed by atoms with Crippen molar-refractivity contribution < 1.29 is 9.63 Å². The number of aromatic nitrogens is 3. The zero-order valence-electron chi connectivity index (χ0n) is 10.4. The first kappa shape index (κ1) is 13.2. The van der Waals surface area contributed by atoms with E-state index in [0.717, 1.165) is 4.85 Å². The van der Waals surface area contributed by atoms with E-state index in [9.17, 15) is 4.79 Å². The Morgan fingerprint density at radius 2 is 2.21 bits per heavy atom. The van der Waals surface area contributed by atoms with Gasteiger partial charge in [-0.3, -0.25) is 4.99 Å². The van der Waals surface area contributed by atoms with Gasteiger partial charge in [-0.2, -0.15) is 0 Å². The van der Waals surface area contributed by atoms with E-state index in [-0.39, 0.29) is 5.57 Å². The van der Waals surface area contributed by atoms with Crippen molar-refractivity contribution in [3.63, 3.8) is 0 Å². The molecular formula is C12H11ClN4O2. The highest BCUT2D eigenvalue weighted by Crippen LogP contribution is 2.11. The quantitative estimate of drug-likeness (QED) is 0.486. The molecule has 0 saturated heterocycles. The molecule has 0 N–H and O–H groups in total. The van der Waals surface area contributed by atoms with Gasteiger partial charge in [0.05, 0.1) is 5.57 Å². The van der Waals surface area contributed by atoms with Crippen LogP contribution in [0.5, 0.6) is 0 Å². The molecule has 0 atom stereocenters. The number of nitrogens with zero attached hydrogens (tertiary/aromatic N) is 4. The van der Waals surface area contributed by atoms with E-state index in [2.05, 4.69) is 15.3 Å². The topological polar surface area (TPSA) is 69.4 Å². The van der Waals surface area contributed by atoms with Crippen molar-refractivity contribution >= 4 is 34.8 Å². The lowest BCUT2D eigenvalue weighted by Gasteiger charge is -2.04. The van der Waals surface area contributed by atoms with Crippen LogP contribution in [-0.4, -0.2) is 34.4 Å². The summed E-state index contributed by atoms with van der Waals surface area (Å²) in [5, 5.41) is 7.92. The Balaban J connectivity index is 2.31. The molecule has 0 spiro atoms. The molecule has 0 amide bonds. The summed E-state index contributed by atoms with van der Waals surface area (Å²) >= 11 is 5.82. The van der Waals surface area contributed by atoms with Gasteiger partial charge in [-0.1, -0.05) is 28.6 Å². The third-order valence-electron chi connectivity index (χ3n) is 2.34. The Labute approximate surface area is 114 Å². The van der Waals surface area contributed by atoms with Crippen LogP contribution in [0.3, 0.4) is 0 Å². The second kappa shape index (κ2) is 5.62. The molecule has 0 bridgehead atoms. The van der Waals surface area contributed by atoms with Gasteiger partial charge in [0, 0.05) is 18.3 Å². The molecular weight excluding hydrogens is 268 g/mol. The van der Waals surface area contributed by atoms with Crippen LogP contribution < -0.4 is 4.84 Å². The minimum absolute atomic E-state index is 0.170. The first-order valence-electron chi connectivity index (χ1n) is 5.45. The van der Waals surface area contributed by atoms with Gasteiger partial charge < -0.3 is 4.84 Å². The lowest BCUT2D eigenvalue weighted by Crippen LogP contribution is -2.23. The van der Waals surface area contributed by atoms with Gasteiger partial charge >= 0.3 is 5.97 Å².